The average molecular weight is 727 g/mol. The largest absolute Gasteiger partial charge is 0.497 e. The Kier molecular flexibility index (Phi) is 10.1. The van der Waals surface area contributed by atoms with Crippen LogP contribution in [0, 0.1) is 5.41 Å². The first-order valence-corrected chi connectivity index (χ1v) is 20.6. The zero-order chi connectivity index (χ0) is 36.0. The second-order valence-electron chi connectivity index (χ2n) is 16.2. The molecule has 2 saturated carbocycles. The Bertz CT molecular complexity index is 1900. The van der Waals surface area contributed by atoms with Crippen molar-refractivity contribution in [1.82, 2.24) is 0 Å². The first-order chi connectivity index (χ1) is 24.4. The van der Waals surface area contributed by atoms with Gasteiger partial charge in [0.1, 0.15) is 22.7 Å². The Morgan fingerprint density at radius 1 is 0.647 bits per heavy atom. The van der Waals surface area contributed by atoms with Gasteiger partial charge in [-0.1, -0.05) is 115 Å². The van der Waals surface area contributed by atoms with E-state index in [1.165, 1.54) is 10.6 Å². The second-order valence-corrected chi connectivity index (χ2v) is 19.0. The molecule has 270 valence electrons. The van der Waals surface area contributed by atoms with E-state index >= 15 is 0 Å². The van der Waals surface area contributed by atoms with E-state index in [1.54, 1.807) is 14.2 Å². The highest BCUT2D eigenvalue weighted by molar-refractivity contribution is 7.68. The number of hydrogen-bond acceptors (Lipinski definition) is 6. The first kappa shape index (κ1) is 36.1. The molecule has 0 amide bonds. The van der Waals surface area contributed by atoms with E-state index in [0.29, 0.717) is 0 Å². The van der Waals surface area contributed by atoms with Crippen molar-refractivity contribution in [2.45, 2.75) is 103 Å². The molecule has 2 aliphatic rings. The van der Waals surface area contributed by atoms with Crippen molar-refractivity contribution < 1.29 is 26.9 Å². The maximum atomic E-state index is 7.34. The quantitative estimate of drug-likeness (QED) is 0.148. The highest BCUT2D eigenvalue weighted by atomic mass is 31.1. The van der Waals surface area contributed by atoms with Crippen LogP contribution in [-0.2, 0) is 15.4 Å². The Labute approximate surface area is 305 Å². The summed E-state index contributed by atoms with van der Waals surface area (Å²) < 4.78 is 40.4. The Hall–Kier alpha value is -3.27. The molecular formula is C43H52O6P2. The van der Waals surface area contributed by atoms with Gasteiger partial charge in [0, 0.05) is 37.9 Å². The van der Waals surface area contributed by atoms with E-state index in [9.17, 15) is 0 Å². The Balaban J connectivity index is 1.37. The maximum absolute atomic E-state index is 7.34. The average Bonchev–Trinajstić information content (AvgIpc) is 3.67. The second kappa shape index (κ2) is 14.3. The topological polar surface area (TPSA) is 63.2 Å². The normalized spacial score (nSPS) is 20.9. The van der Waals surface area contributed by atoms with Crippen molar-refractivity contribution in [2.24, 2.45) is 5.41 Å². The van der Waals surface area contributed by atoms with Crippen LogP contribution in [0.5, 0.6) is 11.5 Å². The van der Waals surface area contributed by atoms with Crippen LogP contribution in [-0.4, -0.2) is 26.4 Å². The number of ether oxygens (including phenoxy) is 2. The molecular weight excluding hydrogens is 674 g/mol. The molecule has 51 heavy (non-hydrogen) atoms. The molecule has 4 aromatic carbocycles. The lowest BCUT2D eigenvalue weighted by Crippen LogP contribution is -2.41. The first-order valence-electron chi connectivity index (χ1n) is 18.3. The van der Waals surface area contributed by atoms with Gasteiger partial charge < -0.3 is 22.4 Å². The van der Waals surface area contributed by atoms with Crippen LogP contribution in [0.15, 0.2) is 93.3 Å². The highest BCUT2D eigenvalue weighted by Crippen LogP contribution is 2.57. The van der Waals surface area contributed by atoms with Crippen LogP contribution in [0.2, 0.25) is 0 Å². The van der Waals surface area contributed by atoms with Crippen molar-refractivity contribution in [2.75, 3.05) is 14.2 Å². The molecule has 3 atom stereocenters. The molecule has 1 aromatic heterocycles. The standard InChI is InChI=1S/C43H52O6P2/c1-41(2,3)35-27-29(44-7)25-33-34-26-30(45-8)28-36(42(4,5)6)40(34)49-51(48-39(33)35)47-38-22-16-24-43(38)23-15-21-37(43)46-50(31-17-11-9-12-18-31)32-19-13-10-14-20-32/h9-14,17-20,25-28,37-38H,15-16,21-24H2,1-8H3. The number of fused-ring (bicyclic) bond motifs is 3. The van der Waals surface area contributed by atoms with Gasteiger partial charge in [-0.25, -0.2) is 0 Å². The number of methoxy groups -OCH3 is 2. The molecule has 0 radical (unpaired) electrons. The predicted octanol–water partition coefficient (Wildman–Crippen LogP) is 11.5. The van der Waals surface area contributed by atoms with Gasteiger partial charge in [-0.3, -0.25) is 4.52 Å². The lowest BCUT2D eigenvalue weighted by atomic mass is 9.80. The summed E-state index contributed by atoms with van der Waals surface area (Å²) >= 11 is 0. The van der Waals surface area contributed by atoms with Gasteiger partial charge in [0.15, 0.2) is 0 Å². The third kappa shape index (κ3) is 7.10. The summed E-state index contributed by atoms with van der Waals surface area (Å²) in [4.78, 5) is 0. The SMILES string of the molecule is COc1cc(C(C)(C)C)c2op(OC3CCCC34CCCC4OP(c3ccccc3)c3ccccc3)oc3c(C(C)(C)C)cc(OC)cc3c2c1. The summed E-state index contributed by atoms with van der Waals surface area (Å²) in [6.07, 6.45) is 6.32. The van der Waals surface area contributed by atoms with Crippen LogP contribution < -0.4 is 24.6 Å². The molecule has 0 saturated heterocycles. The molecule has 2 aliphatic carbocycles. The summed E-state index contributed by atoms with van der Waals surface area (Å²) in [6.45, 7) is 13.2. The van der Waals surface area contributed by atoms with E-state index in [0.717, 1.165) is 83.1 Å². The van der Waals surface area contributed by atoms with Crippen molar-refractivity contribution in [3.05, 3.63) is 96.1 Å². The minimum atomic E-state index is -1.84. The smallest absolute Gasteiger partial charge is 0.387 e. The van der Waals surface area contributed by atoms with E-state index in [4.69, 9.17) is 26.9 Å². The highest BCUT2D eigenvalue weighted by Gasteiger charge is 2.54. The maximum Gasteiger partial charge on any atom is 0.387 e. The van der Waals surface area contributed by atoms with Crippen LogP contribution in [0.3, 0.4) is 0 Å². The molecule has 5 aromatic rings. The molecule has 0 bridgehead atoms. The fourth-order valence-corrected chi connectivity index (χ4v) is 11.4. The van der Waals surface area contributed by atoms with Crippen molar-refractivity contribution in [3.63, 3.8) is 0 Å². The van der Waals surface area contributed by atoms with Gasteiger partial charge >= 0.3 is 8.24 Å². The van der Waals surface area contributed by atoms with E-state index in [-0.39, 0.29) is 28.5 Å². The van der Waals surface area contributed by atoms with Gasteiger partial charge in [-0.2, -0.15) is 0 Å². The number of rotatable bonds is 8. The van der Waals surface area contributed by atoms with Crippen molar-refractivity contribution in [1.29, 1.82) is 0 Å². The molecule has 2 fully saturated rings. The van der Waals surface area contributed by atoms with Gasteiger partial charge in [0.2, 0.25) is 0 Å². The minimum Gasteiger partial charge on any atom is -0.497 e. The van der Waals surface area contributed by atoms with Crippen LogP contribution in [0.1, 0.15) is 91.2 Å². The predicted molar refractivity (Wildman–Crippen MR) is 211 cm³/mol. The van der Waals surface area contributed by atoms with Crippen molar-refractivity contribution >= 4 is 48.9 Å². The summed E-state index contributed by atoms with van der Waals surface area (Å²) in [5.74, 6) is 1.55. The van der Waals surface area contributed by atoms with Crippen LogP contribution in [0.25, 0.3) is 21.9 Å². The van der Waals surface area contributed by atoms with Gasteiger partial charge in [0.05, 0.1) is 34.6 Å². The van der Waals surface area contributed by atoms with E-state index in [1.807, 2.05) is 0 Å². The zero-order valence-corrected chi connectivity index (χ0v) is 33.1. The Morgan fingerprint density at radius 3 is 1.53 bits per heavy atom. The van der Waals surface area contributed by atoms with Crippen LogP contribution >= 0.6 is 16.4 Å². The monoisotopic (exact) mass is 726 g/mol. The van der Waals surface area contributed by atoms with E-state index in [2.05, 4.69) is 126 Å². The summed E-state index contributed by atoms with van der Waals surface area (Å²) in [5.41, 5.74) is 3.07. The lowest BCUT2D eigenvalue weighted by molar-refractivity contribution is 0.0194. The molecule has 3 unspecified atom stereocenters. The minimum absolute atomic E-state index is 0.0582. The molecule has 0 N–H and O–H groups in total. The molecule has 8 heteroatoms. The third-order valence-electron chi connectivity index (χ3n) is 10.8. The fourth-order valence-electron chi connectivity index (χ4n) is 8.09. The molecule has 7 rings (SSSR count). The Morgan fingerprint density at radius 2 is 1.10 bits per heavy atom. The van der Waals surface area contributed by atoms with Crippen molar-refractivity contribution in [3.8, 4) is 11.5 Å². The molecule has 0 aliphatic heterocycles. The fraction of sp³-hybridized carbons (Fsp3) is 0.442. The lowest BCUT2D eigenvalue weighted by Gasteiger charge is -2.38. The zero-order valence-electron chi connectivity index (χ0n) is 31.3. The summed E-state index contributed by atoms with van der Waals surface area (Å²) in [7, 11) is 0.594. The van der Waals surface area contributed by atoms with E-state index < -0.39 is 16.4 Å². The van der Waals surface area contributed by atoms with Gasteiger partial charge in [0.25, 0.3) is 0 Å². The number of hydrogen-bond donors (Lipinski definition) is 0. The molecule has 6 nitrogen and oxygen atoms in total. The van der Waals surface area contributed by atoms with Gasteiger partial charge in [-0.05, 0) is 60.8 Å². The summed E-state index contributed by atoms with van der Waals surface area (Å²) in [6, 6.07) is 29.7. The summed E-state index contributed by atoms with van der Waals surface area (Å²) in [5, 5.41) is 4.32. The molecule has 1 heterocycles. The third-order valence-corrected chi connectivity index (χ3v) is 13.9. The van der Waals surface area contributed by atoms with Crippen LogP contribution in [0.4, 0.5) is 0 Å². The van der Waals surface area contributed by atoms with Gasteiger partial charge in [-0.15, -0.1) is 0 Å². The number of benzene rings is 4. The molecule has 1 spiro atoms.